The summed E-state index contributed by atoms with van der Waals surface area (Å²) in [5.41, 5.74) is 3.31. The average molecular weight is 471 g/mol. The van der Waals surface area contributed by atoms with Gasteiger partial charge in [-0.1, -0.05) is 42.6 Å². The van der Waals surface area contributed by atoms with E-state index in [4.69, 9.17) is 38.5 Å². The number of ether oxygens (including phenoxy) is 1. The van der Waals surface area contributed by atoms with Crippen molar-refractivity contribution >= 4 is 46.7 Å². The first-order chi connectivity index (χ1) is 15.4. The molecule has 0 aromatic heterocycles. The van der Waals surface area contributed by atoms with Crippen LogP contribution < -0.4 is 10.2 Å². The largest absolute Gasteiger partial charge is 0.447 e. The molecule has 2 rings (SSSR count). The Labute approximate surface area is 198 Å². The first-order valence-electron chi connectivity index (χ1n) is 10.1. The molecule has 0 unspecified atom stereocenters. The molecule has 0 fully saturated rings. The Balaban J connectivity index is 2.02. The molecule has 0 spiro atoms. The molecule has 0 aliphatic rings. The maximum atomic E-state index is 12.1. The number of nitriles is 2. The molecule has 2 aromatic rings. The molecule has 1 amide bonds. The van der Waals surface area contributed by atoms with Gasteiger partial charge in [0.1, 0.15) is 24.3 Å². The summed E-state index contributed by atoms with van der Waals surface area (Å²) < 4.78 is 5.33. The zero-order valence-corrected chi connectivity index (χ0v) is 19.5. The second-order valence-electron chi connectivity index (χ2n) is 7.05. The van der Waals surface area contributed by atoms with Crippen molar-refractivity contribution in [1.82, 2.24) is 0 Å². The smallest absolute Gasteiger partial charge is 0.411 e. The molecule has 0 saturated carbocycles. The van der Waals surface area contributed by atoms with Gasteiger partial charge < -0.3 is 9.64 Å². The standard InChI is InChI=1S/C24H24Cl2N4O2/c1-3-4-9-30(21-7-5-19(17(2)12-21)13-18(15-27)16-28)10-11-32-24(31)29-20-6-8-22(25)23(26)14-20/h5-8,12-14H,3-4,9-11H2,1-2H3,(H,29,31). The summed E-state index contributed by atoms with van der Waals surface area (Å²) >= 11 is 11.8. The SMILES string of the molecule is CCCCN(CCOC(=O)Nc1ccc(Cl)c(Cl)c1)c1ccc(C=C(C#N)C#N)c(C)c1. The van der Waals surface area contributed by atoms with Crippen LogP contribution in [0.25, 0.3) is 6.08 Å². The van der Waals surface area contributed by atoms with E-state index in [1.807, 2.05) is 37.3 Å². The van der Waals surface area contributed by atoms with Gasteiger partial charge in [0.15, 0.2) is 0 Å². The van der Waals surface area contributed by atoms with Gasteiger partial charge in [0.2, 0.25) is 0 Å². The molecule has 8 heteroatoms. The molecule has 0 aliphatic carbocycles. The zero-order chi connectivity index (χ0) is 23.5. The highest BCUT2D eigenvalue weighted by Gasteiger charge is 2.11. The number of aryl methyl sites for hydroxylation is 1. The predicted molar refractivity (Wildman–Crippen MR) is 129 cm³/mol. The van der Waals surface area contributed by atoms with E-state index in [-0.39, 0.29) is 12.2 Å². The van der Waals surface area contributed by atoms with Crippen LogP contribution in [-0.4, -0.2) is 25.8 Å². The molecule has 166 valence electrons. The van der Waals surface area contributed by atoms with Crippen LogP contribution in [0.5, 0.6) is 0 Å². The molecule has 32 heavy (non-hydrogen) atoms. The Morgan fingerprint density at radius 3 is 2.50 bits per heavy atom. The summed E-state index contributed by atoms with van der Waals surface area (Å²) in [6.07, 6.45) is 3.02. The van der Waals surface area contributed by atoms with Crippen molar-refractivity contribution in [3.05, 3.63) is 63.1 Å². The normalized spacial score (nSPS) is 9.94. The number of hydrogen-bond donors (Lipinski definition) is 1. The number of amides is 1. The van der Waals surface area contributed by atoms with E-state index in [1.165, 1.54) is 0 Å². The lowest BCUT2D eigenvalue weighted by Crippen LogP contribution is -2.30. The molecule has 1 N–H and O–H groups in total. The van der Waals surface area contributed by atoms with Crippen molar-refractivity contribution in [2.24, 2.45) is 0 Å². The van der Waals surface area contributed by atoms with E-state index in [0.717, 1.165) is 36.2 Å². The molecule has 0 radical (unpaired) electrons. The van der Waals surface area contributed by atoms with E-state index in [9.17, 15) is 4.79 Å². The highest BCUT2D eigenvalue weighted by molar-refractivity contribution is 6.42. The number of benzene rings is 2. The third-order valence-corrected chi connectivity index (χ3v) is 5.44. The quantitative estimate of drug-likeness (QED) is 0.417. The van der Waals surface area contributed by atoms with Gasteiger partial charge in [-0.25, -0.2) is 4.79 Å². The van der Waals surface area contributed by atoms with E-state index >= 15 is 0 Å². The first kappa shape index (κ1) is 25.1. The van der Waals surface area contributed by atoms with Gasteiger partial charge in [-0.05, 0) is 60.9 Å². The number of anilines is 2. The number of halogens is 2. The molecule has 0 bridgehead atoms. The van der Waals surface area contributed by atoms with Crippen molar-refractivity contribution in [2.75, 3.05) is 29.9 Å². The number of hydrogen-bond acceptors (Lipinski definition) is 5. The molecule has 2 aromatic carbocycles. The highest BCUT2D eigenvalue weighted by Crippen LogP contribution is 2.25. The van der Waals surface area contributed by atoms with Crippen LogP contribution >= 0.6 is 23.2 Å². The lowest BCUT2D eigenvalue weighted by Gasteiger charge is -2.25. The van der Waals surface area contributed by atoms with Gasteiger partial charge in [0.25, 0.3) is 0 Å². The predicted octanol–water partition coefficient (Wildman–Crippen LogP) is 6.59. The third-order valence-electron chi connectivity index (χ3n) is 4.70. The fraction of sp³-hybridized carbons (Fsp3) is 0.292. The maximum Gasteiger partial charge on any atom is 0.411 e. The van der Waals surface area contributed by atoms with Gasteiger partial charge in [-0.3, -0.25) is 5.32 Å². The Kier molecular flexibility index (Phi) is 9.88. The molecule has 0 heterocycles. The van der Waals surface area contributed by atoms with Crippen LogP contribution in [0.4, 0.5) is 16.2 Å². The summed E-state index contributed by atoms with van der Waals surface area (Å²) in [6, 6.07) is 14.4. The number of allylic oxidation sites excluding steroid dienone is 1. The van der Waals surface area contributed by atoms with E-state index in [2.05, 4.69) is 17.1 Å². The van der Waals surface area contributed by atoms with Crippen LogP contribution in [-0.2, 0) is 4.74 Å². The lowest BCUT2D eigenvalue weighted by atomic mass is 10.0. The monoisotopic (exact) mass is 470 g/mol. The lowest BCUT2D eigenvalue weighted by molar-refractivity contribution is 0.164. The zero-order valence-electron chi connectivity index (χ0n) is 18.0. The van der Waals surface area contributed by atoms with Crippen LogP contribution in [0, 0.1) is 29.6 Å². The summed E-state index contributed by atoms with van der Waals surface area (Å²) in [6.45, 7) is 5.57. The third kappa shape index (κ3) is 7.50. The summed E-state index contributed by atoms with van der Waals surface area (Å²) in [7, 11) is 0. The molecule has 0 saturated heterocycles. The van der Waals surface area contributed by atoms with E-state index in [1.54, 1.807) is 24.3 Å². The number of carbonyl (C=O) groups excluding carboxylic acids is 1. The second kappa shape index (κ2) is 12.6. The van der Waals surface area contributed by atoms with Gasteiger partial charge in [-0.2, -0.15) is 10.5 Å². The molecule has 0 atom stereocenters. The minimum absolute atomic E-state index is 0.0603. The molecule has 6 nitrogen and oxygen atoms in total. The second-order valence-corrected chi connectivity index (χ2v) is 7.87. The van der Waals surface area contributed by atoms with E-state index in [0.29, 0.717) is 22.3 Å². The van der Waals surface area contributed by atoms with Crippen molar-refractivity contribution in [2.45, 2.75) is 26.7 Å². The van der Waals surface area contributed by atoms with Gasteiger partial charge >= 0.3 is 6.09 Å². The number of rotatable bonds is 9. The average Bonchev–Trinajstić information content (AvgIpc) is 2.77. The number of unbranched alkanes of at least 4 members (excludes halogenated alkanes) is 1. The Bertz CT molecular complexity index is 1050. The minimum atomic E-state index is -0.573. The number of carbonyl (C=O) groups is 1. The van der Waals surface area contributed by atoms with Crippen LogP contribution in [0.1, 0.15) is 30.9 Å². The van der Waals surface area contributed by atoms with Crippen molar-refractivity contribution in [1.29, 1.82) is 10.5 Å². The topological polar surface area (TPSA) is 89.2 Å². The fourth-order valence-electron chi connectivity index (χ4n) is 2.96. The summed E-state index contributed by atoms with van der Waals surface area (Å²) in [5.74, 6) is 0. The van der Waals surface area contributed by atoms with Crippen LogP contribution in [0.2, 0.25) is 10.0 Å². The van der Waals surface area contributed by atoms with Crippen LogP contribution in [0.3, 0.4) is 0 Å². The fourth-order valence-corrected chi connectivity index (χ4v) is 3.26. The van der Waals surface area contributed by atoms with Crippen molar-refractivity contribution in [3.63, 3.8) is 0 Å². The Morgan fingerprint density at radius 2 is 1.88 bits per heavy atom. The van der Waals surface area contributed by atoms with Gasteiger partial charge in [-0.15, -0.1) is 0 Å². The Morgan fingerprint density at radius 1 is 1.12 bits per heavy atom. The first-order valence-corrected chi connectivity index (χ1v) is 10.9. The van der Waals surface area contributed by atoms with Gasteiger partial charge in [0, 0.05) is 17.9 Å². The van der Waals surface area contributed by atoms with Crippen molar-refractivity contribution in [3.8, 4) is 12.1 Å². The molecular formula is C24H24Cl2N4O2. The molecule has 0 aliphatic heterocycles. The van der Waals surface area contributed by atoms with E-state index < -0.39 is 6.09 Å². The highest BCUT2D eigenvalue weighted by atomic mass is 35.5. The Hall–Kier alpha value is -3.19. The minimum Gasteiger partial charge on any atom is -0.447 e. The van der Waals surface area contributed by atoms with Crippen LogP contribution in [0.15, 0.2) is 42.0 Å². The summed E-state index contributed by atoms with van der Waals surface area (Å²) in [4.78, 5) is 14.3. The van der Waals surface area contributed by atoms with Crippen molar-refractivity contribution < 1.29 is 9.53 Å². The number of nitrogens with one attached hydrogen (secondary N) is 1. The van der Waals surface area contributed by atoms with Gasteiger partial charge in [0.05, 0.1) is 16.6 Å². The maximum absolute atomic E-state index is 12.1. The summed E-state index contributed by atoms with van der Waals surface area (Å²) in [5, 5.41) is 21.3. The molecular weight excluding hydrogens is 447 g/mol. The number of nitrogens with zero attached hydrogens (tertiary/aromatic N) is 3.